The fourth-order valence-electron chi connectivity index (χ4n) is 1.74. The molecule has 0 unspecified atom stereocenters. The summed E-state index contributed by atoms with van der Waals surface area (Å²) < 4.78 is 49.6. The first-order chi connectivity index (χ1) is 8.17. The average Bonchev–Trinajstić information content (AvgIpc) is 2.69. The molecule has 1 aliphatic heterocycles. The number of rotatable bonds is 2. The van der Waals surface area contributed by atoms with E-state index >= 15 is 0 Å². The predicted molar refractivity (Wildman–Crippen MR) is 59.8 cm³/mol. The maximum atomic E-state index is 12.5. The van der Waals surface area contributed by atoms with Crippen LogP contribution in [0.1, 0.15) is 19.5 Å². The van der Waals surface area contributed by atoms with Crippen molar-refractivity contribution in [1.82, 2.24) is 9.78 Å². The van der Waals surface area contributed by atoms with E-state index in [1.807, 2.05) is 0 Å². The third kappa shape index (κ3) is 3.04. The summed E-state index contributed by atoms with van der Waals surface area (Å²) in [6, 6.07) is 0. The van der Waals surface area contributed by atoms with Crippen molar-refractivity contribution in [3.63, 3.8) is 0 Å². The van der Waals surface area contributed by atoms with E-state index in [1.165, 1.54) is 10.9 Å². The van der Waals surface area contributed by atoms with Crippen molar-refractivity contribution < 1.29 is 22.6 Å². The topological polar surface area (TPSA) is 36.3 Å². The Hall–Kier alpha value is -0.600. The molecule has 0 aromatic carbocycles. The molecule has 4 nitrogen and oxygen atoms in total. The number of hydrogen-bond donors (Lipinski definition) is 0. The quantitative estimate of drug-likeness (QED) is 0.837. The van der Waals surface area contributed by atoms with Crippen LogP contribution >= 0.6 is 15.9 Å². The highest BCUT2D eigenvalue weighted by atomic mass is 79.9. The SMILES string of the molecule is CC1(C)OC[C@@H](Cn2cc(Br)c(C(F)(F)F)n2)O1. The molecule has 0 bridgehead atoms. The summed E-state index contributed by atoms with van der Waals surface area (Å²) in [5.41, 5.74) is -0.930. The minimum atomic E-state index is -4.46. The maximum absolute atomic E-state index is 12.5. The van der Waals surface area contributed by atoms with Gasteiger partial charge >= 0.3 is 6.18 Å². The summed E-state index contributed by atoms with van der Waals surface area (Å²) in [6.45, 7) is 4.07. The molecular weight excluding hydrogens is 317 g/mol. The van der Waals surface area contributed by atoms with E-state index in [-0.39, 0.29) is 17.1 Å². The summed E-state index contributed by atoms with van der Waals surface area (Å²) in [4.78, 5) is 0. The molecule has 1 saturated heterocycles. The number of aromatic nitrogens is 2. The van der Waals surface area contributed by atoms with E-state index < -0.39 is 17.7 Å². The monoisotopic (exact) mass is 328 g/mol. The van der Waals surface area contributed by atoms with Crippen molar-refractivity contribution in [3.8, 4) is 0 Å². The number of alkyl halides is 3. The van der Waals surface area contributed by atoms with Gasteiger partial charge in [-0.15, -0.1) is 0 Å². The van der Waals surface area contributed by atoms with Gasteiger partial charge in [-0.05, 0) is 29.8 Å². The second-order valence-corrected chi connectivity index (χ2v) is 5.35. The largest absolute Gasteiger partial charge is 0.436 e. The van der Waals surface area contributed by atoms with Crippen LogP contribution in [0.15, 0.2) is 10.7 Å². The lowest BCUT2D eigenvalue weighted by molar-refractivity contribution is -0.144. The van der Waals surface area contributed by atoms with Crippen LogP contribution < -0.4 is 0 Å². The molecule has 102 valence electrons. The van der Waals surface area contributed by atoms with Crippen LogP contribution in [0, 0.1) is 0 Å². The van der Waals surface area contributed by atoms with Crippen molar-refractivity contribution >= 4 is 15.9 Å². The van der Waals surface area contributed by atoms with E-state index in [9.17, 15) is 13.2 Å². The summed E-state index contributed by atoms with van der Waals surface area (Å²) in [7, 11) is 0. The first-order valence-electron chi connectivity index (χ1n) is 5.29. The highest BCUT2D eigenvalue weighted by Crippen LogP contribution is 2.33. The zero-order valence-electron chi connectivity index (χ0n) is 9.79. The van der Waals surface area contributed by atoms with Crippen molar-refractivity contribution in [1.29, 1.82) is 0 Å². The first-order valence-corrected chi connectivity index (χ1v) is 6.08. The molecule has 1 fully saturated rings. The Morgan fingerprint density at radius 1 is 1.56 bits per heavy atom. The number of halogens is 4. The van der Waals surface area contributed by atoms with Gasteiger partial charge in [-0.1, -0.05) is 0 Å². The normalized spacial score (nSPS) is 23.6. The third-order valence-electron chi connectivity index (χ3n) is 2.44. The molecule has 1 atom stereocenters. The Kier molecular flexibility index (Phi) is 3.46. The Morgan fingerprint density at radius 3 is 2.67 bits per heavy atom. The third-order valence-corrected chi connectivity index (χ3v) is 3.02. The van der Waals surface area contributed by atoms with E-state index in [0.717, 1.165) is 0 Å². The van der Waals surface area contributed by atoms with Gasteiger partial charge < -0.3 is 9.47 Å². The molecule has 8 heteroatoms. The molecular formula is C10H12BrF3N2O2. The van der Waals surface area contributed by atoms with E-state index in [1.54, 1.807) is 13.8 Å². The summed E-state index contributed by atoms with van der Waals surface area (Å²) >= 11 is 2.85. The molecule has 2 rings (SSSR count). The molecule has 0 amide bonds. The van der Waals surface area contributed by atoms with Gasteiger partial charge in [0.05, 0.1) is 17.6 Å². The molecule has 2 heterocycles. The molecule has 0 aliphatic carbocycles. The van der Waals surface area contributed by atoms with Crippen LogP contribution in [0.25, 0.3) is 0 Å². The van der Waals surface area contributed by atoms with Crippen LogP contribution in [0.2, 0.25) is 0 Å². The molecule has 1 aromatic heterocycles. The Bertz CT molecular complexity index is 445. The van der Waals surface area contributed by atoms with Gasteiger partial charge in [-0.3, -0.25) is 4.68 Å². The first kappa shape index (κ1) is 13.8. The molecule has 1 aliphatic rings. The van der Waals surface area contributed by atoms with Crippen LogP contribution in [-0.4, -0.2) is 28.3 Å². The van der Waals surface area contributed by atoms with Crippen molar-refractivity contribution in [2.75, 3.05) is 6.61 Å². The summed E-state index contributed by atoms with van der Waals surface area (Å²) in [6.07, 6.45) is -3.47. The molecule has 1 aromatic rings. The molecule has 0 saturated carbocycles. The fraction of sp³-hybridized carbons (Fsp3) is 0.700. The van der Waals surface area contributed by atoms with Gasteiger partial charge in [-0.25, -0.2) is 0 Å². The lowest BCUT2D eigenvalue weighted by atomic mass is 10.4. The molecule has 18 heavy (non-hydrogen) atoms. The van der Waals surface area contributed by atoms with Gasteiger partial charge in [0.2, 0.25) is 0 Å². The lowest BCUT2D eigenvalue weighted by Gasteiger charge is -2.16. The van der Waals surface area contributed by atoms with E-state index in [4.69, 9.17) is 9.47 Å². The summed E-state index contributed by atoms with van der Waals surface area (Å²) in [5.74, 6) is -0.693. The van der Waals surface area contributed by atoms with Crippen molar-refractivity contribution in [2.45, 2.75) is 38.5 Å². The van der Waals surface area contributed by atoms with Crippen LogP contribution in [-0.2, 0) is 22.2 Å². The van der Waals surface area contributed by atoms with Gasteiger partial charge in [0.15, 0.2) is 11.5 Å². The highest BCUT2D eigenvalue weighted by Gasteiger charge is 2.38. The number of ether oxygens (including phenoxy) is 2. The van der Waals surface area contributed by atoms with Gasteiger partial charge in [0.25, 0.3) is 0 Å². The molecule has 0 spiro atoms. The van der Waals surface area contributed by atoms with Crippen molar-refractivity contribution in [2.24, 2.45) is 0 Å². The Labute approximate surface area is 110 Å². The second-order valence-electron chi connectivity index (χ2n) is 4.50. The Balaban J connectivity index is 2.08. The van der Waals surface area contributed by atoms with Crippen LogP contribution in [0.5, 0.6) is 0 Å². The smallest absolute Gasteiger partial charge is 0.348 e. The van der Waals surface area contributed by atoms with Gasteiger partial charge in [0, 0.05) is 6.20 Å². The van der Waals surface area contributed by atoms with E-state index in [2.05, 4.69) is 21.0 Å². The van der Waals surface area contributed by atoms with Gasteiger partial charge in [0.1, 0.15) is 6.10 Å². The van der Waals surface area contributed by atoms with E-state index in [0.29, 0.717) is 6.61 Å². The number of hydrogen-bond acceptors (Lipinski definition) is 3. The van der Waals surface area contributed by atoms with Crippen LogP contribution in [0.3, 0.4) is 0 Å². The molecule has 0 N–H and O–H groups in total. The minimum Gasteiger partial charge on any atom is -0.348 e. The second kappa shape index (κ2) is 4.50. The fourth-order valence-corrected chi connectivity index (χ4v) is 2.28. The van der Waals surface area contributed by atoms with Crippen molar-refractivity contribution in [3.05, 3.63) is 16.4 Å². The number of nitrogens with zero attached hydrogens (tertiary/aromatic N) is 2. The van der Waals surface area contributed by atoms with Crippen LogP contribution in [0.4, 0.5) is 13.2 Å². The Morgan fingerprint density at radius 2 is 2.22 bits per heavy atom. The lowest BCUT2D eigenvalue weighted by Crippen LogP contribution is -2.24. The highest BCUT2D eigenvalue weighted by molar-refractivity contribution is 9.10. The van der Waals surface area contributed by atoms with Gasteiger partial charge in [-0.2, -0.15) is 18.3 Å². The minimum absolute atomic E-state index is 0.0758. The summed E-state index contributed by atoms with van der Waals surface area (Å²) in [5, 5.41) is 3.50. The predicted octanol–water partition coefficient (Wildman–Crippen LogP) is 2.82. The standard InChI is InChI=1S/C10H12BrF3N2O2/c1-9(2)17-5-6(18-9)3-16-4-7(11)8(15-16)10(12,13)14/h4,6H,3,5H2,1-2H3/t6-/m1/s1. The molecule has 0 radical (unpaired) electrons. The maximum Gasteiger partial charge on any atom is 0.436 e. The average molecular weight is 329 g/mol. The zero-order chi connectivity index (χ0) is 13.6. The zero-order valence-corrected chi connectivity index (χ0v) is 11.4.